The second-order valence-electron chi connectivity index (χ2n) is 3.37. The SMILES string of the molecule is COc1cc2c(c(OC)c1OC)C(=O)OC2O. The van der Waals surface area contributed by atoms with Crippen LogP contribution in [0.3, 0.4) is 0 Å². The van der Waals surface area contributed by atoms with E-state index in [9.17, 15) is 9.90 Å². The van der Waals surface area contributed by atoms with Crippen LogP contribution in [0, 0.1) is 0 Å². The number of carbonyl (C=O) groups excluding carboxylic acids is 1. The summed E-state index contributed by atoms with van der Waals surface area (Å²) >= 11 is 0. The van der Waals surface area contributed by atoms with Crippen LogP contribution in [0.1, 0.15) is 22.2 Å². The molecule has 0 bridgehead atoms. The zero-order valence-electron chi connectivity index (χ0n) is 9.64. The summed E-state index contributed by atoms with van der Waals surface area (Å²) in [6.45, 7) is 0. The lowest BCUT2D eigenvalue weighted by atomic mass is 10.1. The van der Waals surface area contributed by atoms with Gasteiger partial charge in [-0.3, -0.25) is 0 Å². The highest BCUT2D eigenvalue weighted by Crippen LogP contribution is 2.46. The number of fused-ring (bicyclic) bond motifs is 1. The van der Waals surface area contributed by atoms with Gasteiger partial charge in [0.15, 0.2) is 11.5 Å². The number of hydrogen-bond donors (Lipinski definition) is 1. The fourth-order valence-corrected chi connectivity index (χ4v) is 1.80. The minimum absolute atomic E-state index is 0.164. The number of rotatable bonds is 3. The monoisotopic (exact) mass is 240 g/mol. The van der Waals surface area contributed by atoms with E-state index in [0.717, 1.165) is 0 Å². The quantitative estimate of drug-likeness (QED) is 0.790. The van der Waals surface area contributed by atoms with Crippen molar-refractivity contribution in [3.63, 3.8) is 0 Å². The van der Waals surface area contributed by atoms with Crippen LogP contribution in [-0.2, 0) is 4.74 Å². The van der Waals surface area contributed by atoms with E-state index < -0.39 is 12.3 Å². The smallest absolute Gasteiger partial charge is 0.345 e. The van der Waals surface area contributed by atoms with Gasteiger partial charge in [0.1, 0.15) is 5.56 Å². The van der Waals surface area contributed by atoms with E-state index in [4.69, 9.17) is 18.9 Å². The van der Waals surface area contributed by atoms with E-state index >= 15 is 0 Å². The van der Waals surface area contributed by atoms with Crippen LogP contribution in [-0.4, -0.2) is 32.4 Å². The predicted octanol–water partition coefficient (Wildman–Crippen LogP) is 0.874. The van der Waals surface area contributed by atoms with Gasteiger partial charge in [-0.25, -0.2) is 4.79 Å². The number of carbonyl (C=O) groups is 1. The second kappa shape index (κ2) is 4.14. The number of hydrogen-bond acceptors (Lipinski definition) is 6. The Morgan fingerprint density at radius 2 is 1.82 bits per heavy atom. The predicted molar refractivity (Wildman–Crippen MR) is 56.5 cm³/mol. The Labute approximate surface area is 97.7 Å². The van der Waals surface area contributed by atoms with Crippen molar-refractivity contribution in [3.8, 4) is 17.2 Å². The molecule has 1 aliphatic rings. The second-order valence-corrected chi connectivity index (χ2v) is 3.37. The maximum absolute atomic E-state index is 11.6. The van der Waals surface area contributed by atoms with E-state index in [-0.39, 0.29) is 11.3 Å². The maximum atomic E-state index is 11.6. The van der Waals surface area contributed by atoms with Crippen molar-refractivity contribution in [2.75, 3.05) is 21.3 Å². The van der Waals surface area contributed by atoms with Gasteiger partial charge in [0.05, 0.1) is 21.3 Å². The van der Waals surface area contributed by atoms with Gasteiger partial charge in [0.25, 0.3) is 0 Å². The average Bonchev–Trinajstić information content (AvgIpc) is 2.62. The molecular formula is C11H12O6. The minimum Gasteiger partial charge on any atom is -0.493 e. The normalized spacial score (nSPS) is 17.4. The third-order valence-electron chi connectivity index (χ3n) is 2.55. The summed E-state index contributed by atoms with van der Waals surface area (Å²) in [5.41, 5.74) is 0.474. The van der Waals surface area contributed by atoms with Crippen molar-refractivity contribution in [2.45, 2.75) is 6.29 Å². The molecule has 0 saturated carbocycles. The molecule has 6 nitrogen and oxygen atoms in total. The molecule has 1 unspecified atom stereocenters. The molecule has 1 atom stereocenters. The van der Waals surface area contributed by atoms with Crippen molar-refractivity contribution in [3.05, 3.63) is 17.2 Å². The van der Waals surface area contributed by atoms with Gasteiger partial charge in [-0.15, -0.1) is 0 Å². The zero-order valence-corrected chi connectivity index (χ0v) is 9.64. The molecule has 92 valence electrons. The lowest BCUT2D eigenvalue weighted by Gasteiger charge is -2.14. The van der Waals surface area contributed by atoms with Crippen LogP contribution in [0.4, 0.5) is 0 Å². The number of aliphatic hydroxyl groups excluding tert-OH is 1. The number of cyclic esters (lactones) is 1. The summed E-state index contributed by atoms with van der Waals surface area (Å²) in [5, 5.41) is 9.56. The van der Waals surface area contributed by atoms with Gasteiger partial charge in [0, 0.05) is 5.56 Å². The summed E-state index contributed by atoms with van der Waals surface area (Å²) in [4.78, 5) is 11.6. The standard InChI is InChI=1S/C11H12O6/c1-14-6-4-5-7(11(13)17-10(5)12)9(16-3)8(6)15-2/h4,10,12H,1-3H3. The Hall–Kier alpha value is -1.95. The Kier molecular flexibility index (Phi) is 2.81. The molecule has 0 fully saturated rings. The molecule has 0 aliphatic carbocycles. The van der Waals surface area contributed by atoms with Gasteiger partial charge in [0.2, 0.25) is 12.0 Å². The number of ether oxygens (including phenoxy) is 4. The first kappa shape index (κ1) is 11.5. The van der Waals surface area contributed by atoms with Crippen LogP contribution < -0.4 is 14.2 Å². The Balaban J connectivity index is 2.73. The Morgan fingerprint density at radius 1 is 1.18 bits per heavy atom. The van der Waals surface area contributed by atoms with Crippen molar-refractivity contribution >= 4 is 5.97 Å². The molecule has 0 aromatic heterocycles. The van der Waals surface area contributed by atoms with Crippen molar-refractivity contribution in [1.82, 2.24) is 0 Å². The number of esters is 1. The molecule has 1 aliphatic heterocycles. The third-order valence-corrected chi connectivity index (χ3v) is 2.55. The molecular weight excluding hydrogens is 228 g/mol. The highest BCUT2D eigenvalue weighted by molar-refractivity contribution is 5.98. The van der Waals surface area contributed by atoms with Crippen molar-refractivity contribution in [1.29, 1.82) is 0 Å². The highest BCUT2D eigenvalue weighted by atomic mass is 16.6. The minimum atomic E-state index is -1.30. The Morgan fingerprint density at radius 3 is 2.35 bits per heavy atom. The van der Waals surface area contributed by atoms with Crippen LogP contribution in [0.2, 0.25) is 0 Å². The summed E-state index contributed by atoms with van der Waals surface area (Å²) in [7, 11) is 4.28. The van der Waals surface area contributed by atoms with Gasteiger partial charge in [-0.05, 0) is 6.07 Å². The summed E-state index contributed by atoms with van der Waals surface area (Å²) in [6, 6.07) is 1.49. The van der Waals surface area contributed by atoms with Crippen molar-refractivity contribution < 1.29 is 28.8 Å². The zero-order chi connectivity index (χ0) is 12.6. The molecule has 1 aromatic rings. The van der Waals surface area contributed by atoms with Gasteiger partial charge >= 0.3 is 5.97 Å². The molecule has 0 amide bonds. The van der Waals surface area contributed by atoms with E-state index in [2.05, 4.69) is 0 Å². The Bertz CT molecular complexity index is 468. The van der Waals surface area contributed by atoms with Crippen LogP contribution >= 0.6 is 0 Å². The van der Waals surface area contributed by atoms with E-state index in [1.54, 1.807) is 0 Å². The van der Waals surface area contributed by atoms with Crippen molar-refractivity contribution in [2.24, 2.45) is 0 Å². The lowest BCUT2D eigenvalue weighted by Crippen LogP contribution is -2.02. The summed E-state index contributed by atoms with van der Waals surface area (Å²) < 4.78 is 20.1. The fraction of sp³-hybridized carbons (Fsp3) is 0.364. The first-order chi connectivity index (χ1) is 8.13. The number of methoxy groups -OCH3 is 3. The van der Waals surface area contributed by atoms with E-state index in [0.29, 0.717) is 17.1 Å². The lowest BCUT2D eigenvalue weighted by molar-refractivity contribution is -0.0548. The fourth-order valence-electron chi connectivity index (χ4n) is 1.80. The largest absolute Gasteiger partial charge is 0.493 e. The maximum Gasteiger partial charge on any atom is 0.345 e. The first-order valence-electron chi connectivity index (χ1n) is 4.86. The van der Waals surface area contributed by atoms with Gasteiger partial charge in [-0.1, -0.05) is 0 Å². The van der Waals surface area contributed by atoms with Gasteiger partial charge in [-0.2, -0.15) is 0 Å². The van der Waals surface area contributed by atoms with E-state index in [1.807, 2.05) is 0 Å². The van der Waals surface area contributed by atoms with E-state index in [1.165, 1.54) is 27.4 Å². The topological polar surface area (TPSA) is 74.2 Å². The molecule has 1 aromatic carbocycles. The number of benzene rings is 1. The summed E-state index contributed by atoms with van der Waals surface area (Å²) in [6.07, 6.45) is -1.30. The first-order valence-corrected chi connectivity index (χ1v) is 4.86. The number of aliphatic hydroxyl groups is 1. The molecule has 1 heterocycles. The van der Waals surface area contributed by atoms with Crippen LogP contribution in [0.25, 0.3) is 0 Å². The van der Waals surface area contributed by atoms with Gasteiger partial charge < -0.3 is 24.1 Å². The van der Waals surface area contributed by atoms with Crippen LogP contribution in [0.5, 0.6) is 17.2 Å². The third kappa shape index (κ3) is 1.57. The highest BCUT2D eigenvalue weighted by Gasteiger charge is 2.36. The molecule has 1 N–H and O–H groups in total. The van der Waals surface area contributed by atoms with Crippen LogP contribution in [0.15, 0.2) is 6.07 Å². The summed E-state index contributed by atoms with van der Waals surface area (Å²) in [5.74, 6) is 0.203. The average molecular weight is 240 g/mol. The molecule has 2 rings (SSSR count). The molecule has 0 spiro atoms. The molecule has 17 heavy (non-hydrogen) atoms. The molecule has 6 heteroatoms. The molecule has 0 radical (unpaired) electrons. The molecule has 0 saturated heterocycles.